The van der Waals surface area contributed by atoms with E-state index in [-0.39, 0.29) is 0 Å². The van der Waals surface area contributed by atoms with Crippen LogP contribution in [0.3, 0.4) is 0 Å². The minimum Gasteiger partial charge on any atom is -0.528 e. The molecule has 0 saturated carbocycles. The number of fused-ring (bicyclic) bond motifs is 2. The quantitative estimate of drug-likeness (QED) is 0.280. The summed E-state index contributed by atoms with van der Waals surface area (Å²) >= 11 is 14.7. The number of para-hydroxylation sites is 2. The summed E-state index contributed by atoms with van der Waals surface area (Å²) < 4.78 is 34.3. The number of benzene rings is 2. The third kappa shape index (κ3) is 6.29. The molecule has 3 saturated heterocycles. The van der Waals surface area contributed by atoms with Gasteiger partial charge in [0, 0.05) is 70.7 Å². The van der Waals surface area contributed by atoms with Crippen molar-refractivity contribution < 1.29 is 13.8 Å². The fourth-order valence-corrected chi connectivity index (χ4v) is 22.6. The van der Waals surface area contributed by atoms with E-state index in [4.69, 9.17) is 45.8 Å². The van der Waals surface area contributed by atoms with E-state index < -0.39 is 20.9 Å². The van der Waals surface area contributed by atoms with E-state index in [1.54, 1.807) is 0 Å². The summed E-state index contributed by atoms with van der Waals surface area (Å²) in [5.41, 5.74) is 2.31. The van der Waals surface area contributed by atoms with Gasteiger partial charge < -0.3 is 14.3 Å². The molecule has 0 amide bonds. The van der Waals surface area contributed by atoms with E-state index in [9.17, 15) is 0 Å². The van der Waals surface area contributed by atoms with E-state index in [2.05, 4.69) is 66.9 Å². The summed E-state index contributed by atoms with van der Waals surface area (Å²) in [6.07, 6.45) is 7.48. The number of nitrogens with zero attached hydrogens (tertiary/aromatic N) is 7. The molecular weight excluding hydrogens is 642 g/mol. The van der Waals surface area contributed by atoms with Gasteiger partial charge in [0.2, 0.25) is 0 Å². The van der Waals surface area contributed by atoms with Gasteiger partial charge in [-0.3, -0.25) is 9.34 Å². The van der Waals surface area contributed by atoms with Gasteiger partial charge in [-0.25, -0.2) is 4.33 Å². The molecule has 14 heteroatoms. The highest BCUT2D eigenvalue weighted by Gasteiger charge is 2.48. The van der Waals surface area contributed by atoms with Gasteiger partial charge in [0.15, 0.2) is 0 Å². The Morgan fingerprint density at radius 2 is 1.19 bits per heavy atom. The third-order valence-electron chi connectivity index (χ3n) is 8.92. The van der Waals surface area contributed by atoms with Gasteiger partial charge in [0.25, 0.3) is 0 Å². The summed E-state index contributed by atoms with van der Waals surface area (Å²) in [6.45, 7) is 8.35. The van der Waals surface area contributed by atoms with Crippen molar-refractivity contribution in [3.8, 4) is 11.5 Å². The van der Waals surface area contributed by atoms with Crippen molar-refractivity contribution in [1.29, 1.82) is 0 Å². The van der Waals surface area contributed by atoms with E-state index >= 15 is 0 Å². The first-order valence-corrected chi connectivity index (χ1v) is 22.4. The molecule has 1 spiro atoms. The maximum absolute atomic E-state index is 7.33. The Morgan fingerprint density at radius 3 is 1.77 bits per heavy atom. The summed E-state index contributed by atoms with van der Waals surface area (Å²) in [5, 5.41) is 0. The highest BCUT2D eigenvalue weighted by Crippen LogP contribution is 2.90. The zero-order valence-electron chi connectivity index (χ0n) is 24.7. The first kappa shape index (κ1) is 30.8. The highest BCUT2D eigenvalue weighted by molar-refractivity contribution is 8.19. The second-order valence-corrected chi connectivity index (χ2v) is 22.7. The monoisotopic (exact) mass is 683 g/mol. The van der Waals surface area contributed by atoms with Crippen LogP contribution >= 0.6 is 43.4 Å². The van der Waals surface area contributed by atoms with E-state index in [1.807, 2.05) is 0 Å². The van der Waals surface area contributed by atoms with Crippen LogP contribution in [0.2, 0.25) is 0 Å². The van der Waals surface area contributed by atoms with Crippen LogP contribution < -0.4 is 9.47 Å². The van der Waals surface area contributed by atoms with Crippen LogP contribution in [0.4, 0.5) is 0 Å². The van der Waals surface area contributed by atoms with Crippen LogP contribution in [0.25, 0.3) is 4.86 Å². The minimum absolute atomic E-state index is 0.651. The molecule has 0 aromatic heterocycles. The van der Waals surface area contributed by atoms with Crippen LogP contribution in [0.5, 0.6) is 11.5 Å². The molecular formula is C29H42Cl2N7O2P3. The first-order chi connectivity index (χ1) is 21.0. The average Bonchev–Trinajstić information content (AvgIpc) is 3.73. The van der Waals surface area contributed by atoms with Crippen molar-refractivity contribution in [3.63, 3.8) is 0 Å². The molecule has 2 aromatic carbocycles. The van der Waals surface area contributed by atoms with Gasteiger partial charge in [-0.2, -0.15) is 13.7 Å². The largest absolute Gasteiger partial charge is 0.528 e. The lowest BCUT2D eigenvalue weighted by Crippen LogP contribution is -2.39. The van der Waals surface area contributed by atoms with E-state index in [1.165, 1.54) is 0 Å². The van der Waals surface area contributed by atoms with Crippen LogP contribution in [-0.2, 0) is 13.1 Å². The van der Waals surface area contributed by atoms with Crippen molar-refractivity contribution >= 4 is 43.4 Å². The molecule has 3 fully saturated rings. The maximum Gasteiger partial charge on any atom is 0.400 e. The zero-order valence-corrected chi connectivity index (χ0v) is 28.9. The highest BCUT2D eigenvalue weighted by atomic mass is 35.9. The van der Waals surface area contributed by atoms with Crippen molar-refractivity contribution in [2.24, 2.45) is 9.03 Å². The second kappa shape index (κ2) is 13.1. The second-order valence-electron chi connectivity index (χ2n) is 11.9. The number of ether oxygens (including phenoxy) is 2. The zero-order chi connectivity index (χ0) is 29.3. The summed E-state index contributed by atoms with van der Waals surface area (Å²) in [6, 6.07) is 16.9. The SMILES string of the molecule is ClP1(Cl)=N[P@](N2CCCC2)(=[N+]2CCCC2)N=P2([N-]1)N1CCCN2Cc2ccccc2OCCCCOc2ccccc2C1. The normalized spacial score (nSPS) is 33.1. The number of hydrogen-bond acceptors (Lipinski definition) is 4. The first-order valence-electron chi connectivity index (χ1n) is 15.7. The Balaban J connectivity index is 1.45. The Kier molecular flexibility index (Phi) is 9.38. The van der Waals surface area contributed by atoms with Crippen LogP contribution in [-0.4, -0.2) is 70.8 Å². The molecule has 43 heavy (non-hydrogen) atoms. The van der Waals surface area contributed by atoms with Gasteiger partial charge in [0.05, 0.1) is 19.1 Å². The van der Waals surface area contributed by atoms with E-state index in [0.29, 0.717) is 26.3 Å². The molecule has 0 radical (unpaired) electrons. The van der Waals surface area contributed by atoms with Gasteiger partial charge in [-0.05, 0) is 44.2 Å². The van der Waals surface area contributed by atoms with Crippen LogP contribution in [0.15, 0.2) is 57.6 Å². The molecule has 0 aliphatic carbocycles. The fraction of sp³-hybridized carbons (Fsp3) is 0.586. The lowest BCUT2D eigenvalue weighted by molar-refractivity contribution is -0.489. The molecule has 5 heterocycles. The fourth-order valence-electron chi connectivity index (χ4n) is 6.82. The minimum atomic E-state index is -3.05. The summed E-state index contributed by atoms with van der Waals surface area (Å²) in [5.74, 6) is -1.20. The Morgan fingerprint density at radius 1 is 0.651 bits per heavy atom. The smallest absolute Gasteiger partial charge is 0.400 e. The molecule has 0 N–H and O–H groups in total. The molecule has 7 rings (SSSR count). The number of hydrogen-bond donors (Lipinski definition) is 0. The molecule has 234 valence electrons. The molecule has 5 aliphatic rings. The van der Waals surface area contributed by atoms with Crippen LogP contribution in [0.1, 0.15) is 56.1 Å². The van der Waals surface area contributed by atoms with Gasteiger partial charge in [-0.1, -0.05) is 58.9 Å². The predicted molar refractivity (Wildman–Crippen MR) is 179 cm³/mol. The van der Waals surface area contributed by atoms with Gasteiger partial charge >= 0.3 is 7.51 Å². The molecule has 3 atom stereocenters. The van der Waals surface area contributed by atoms with E-state index in [0.717, 1.165) is 107 Å². The van der Waals surface area contributed by atoms with Gasteiger partial charge in [-0.15, -0.1) is 0 Å². The maximum atomic E-state index is 7.33. The van der Waals surface area contributed by atoms with Crippen molar-refractivity contribution in [1.82, 2.24) is 14.0 Å². The lowest BCUT2D eigenvalue weighted by atomic mass is 10.2. The summed E-state index contributed by atoms with van der Waals surface area (Å²) in [4.78, 5) is 5.43. The van der Waals surface area contributed by atoms with Crippen molar-refractivity contribution in [2.45, 2.75) is 58.0 Å². The topological polar surface area (TPSA) is 70.0 Å². The molecule has 9 nitrogen and oxygen atoms in total. The average molecular weight is 685 g/mol. The molecule has 2 unspecified atom stereocenters. The Labute approximate surface area is 265 Å². The number of rotatable bonds is 1. The Bertz CT molecular complexity index is 1440. The standard InChI is InChI=1S/C29H42Cl2N7O2P3/c30-41(31)32-42(35-16-5-6-17-35,36-18-7-8-19-36)34-43(33-41)37-20-11-21-38(43)25-27-13-2-4-15-29(27)40-23-10-9-22-39-28-14-3-1-12-26(28)24-37/h1-4,12-15H,5-11,16-25H2. The molecule has 5 aliphatic heterocycles. The molecule has 2 aromatic rings. The van der Waals surface area contributed by atoms with Gasteiger partial charge in [0.1, 0.15) is 24.6 Å². The third-order valence-corrected chi connectivity index (χ3v) is 21.4. The predicted octanol–water partition coefficient (Wildman–Crippen LogP) is 9.55. The summed E-state index contributed by atoms with van der Waals surface area (Å²) in [7, 11) is -5.33. The van der Waals surface area contributed by atoms with Crippen molar-refractivity contribution in [2.75, 3.05) is 52.5 Å². The molecule has 2 bridgehead atoms. The van der Waals surface area contributed by atoms with Crippen LogP contribution in [0, 0.1) is 0 Å². The Hall–Kier alpha value is -0.850. The number of halogens is 2. The lowest BCUT2D eigenvalue weighted by Gasteiger charge is -2.58. The van der Waals surface area contributed by atoms with Crippen molar-refractivity contribution in [3.05, 3.63) is 64.5 Å².